The van der Waals surface area contributed by atoms with Crippen LogP contribution in [0.3, 0.4) is 0 Å². The molecule has 2 N–H and O–H groups in total. The van der Waals surface area contributed by atoms with E-state index in [9.17, 15) is 19.2 Å². The highest BCUT2D eigenvalue weighted by Crippen LogP contribution is 2.24. The highest BCUT2D eigenvalue weighted by atomic mass is 16.6. The van der Waals surface area contributed by atoms with Crippen molar-refractivity contribution in [2.24, 2.45) is 5.92 Å². The maximum absolute atomic E-state index is 13.9. The lowest BCUT2D eigenvalue weighted by Crippen LogP contribution is -2.55. The summed E-state index contributed by atoms with van der Waals surface area (Å²) < 4.78 is 10.3. The van der Waals surface area contributed by atoms with Gasteiger partial charge in [0.15, 0.2) is 0 Å². The van der Waals surface area contributed by atoms with Crippen LogP contribution in [0.25, 0.3) is 0 Å². The van der Waals surface area contributed by atoms with Crippen LogP contribution in [0.1, 0.15) is 79.3 Å². The Labute approximate surface area is 215 Å². The van der Waals surface area contributed by atoms with Crippen molar-refractivity contribution in [3.63, 3.8) is 0 Å². The number of esters is 1. The molecule has 0 saturated carbocycles. The molecule has 0 heterocycles. The van der Waals surface area contributed by atoms with E-state index >= 15 is 0 Å². The third-order valence-corrected chi connectivity index (χ3v) is 5.25. The summed E-state index contributed by atoms with van der Waals surface area (Å²) in [5.41, 5.74) is -0.0857. The number of rotatable bonds is 13. The number of alkyl carbamates (subject to hydrolysis) is 1. The molecule has 0 aliphatic rings. The molecule has 1 rings (SSSR count). The van der Waals surface area contributed by atoms with Crippen LogP contribution in [0.4, 0.5) is 4.79 Å². The van der Waals surface area contributed by atoms with Crippen molar-refractivity contribution in [1.82, 2.24) is 15.5 Å². The van der Waals surface area contributed by atoms with E-state index < -0.39 is 35.7 Å². The van der Waals surface area contributed by atoms with Crippen molar-refractivity contribution in [3.05, 3.63) is 35.9 Å². The van der Waals surface area contributed by atoms with Gasteiger partial charge in [-0.2, -0.15) is 0 Å². The number of nitrogens with zero attached hydrogens (tertiary/aromatic N) is 1. The number of ether oxygens (including phenoxy) is 2. The molecule has 0 spiro atoms. The highest BCUT2D eigenvalue weighted by molar-refractivity contribution is 5.92. The number of nitrogens with one attached hydrogen (secondary N) is 2. The van der Waals surface area contributed by atoms with Crippen LogP contribution < -0.4 is 10.6 Å². The van der Waals surface area contributed by atoms with Crippen LogP contribution in [-0.4, -0.2) is 60.1 Å². The van der Waals surface area contributed by atoms with E-state index in [1.807, 2.05) is 26.8 Å². The molecule has 3 amide bonds. The number of hydrogen-bond donors (Lipinski definition) is 2. The Morgan fingerprint density at radius 3 is 2.19 bits per heavy atom. The maximum atomic E-state index is 13.9. The first kappa shape index (κ1) is 30.9. The van der Waals surface area contributed by atoms with Gasteiger partial charge in [-0.15, -0.1) is 0 Å². The van der Waals surface area contributed by atoms with Crippen molar-refractivity contribution >= 4 is 23.9 Å². The predicted octanol–water partition coefficient (Wildman–Crippen LogP) is 3.98. The zero-order chi connectivity index (χ0) is 27.3. The lowest BCUT2D eigenvalue weighted by molar-refractivity contribution is -0.144. The maximum Gasteiger partial charge on any atom is 0.408 e. The Morgan fingerprint density at radius 1 is 1.03 bits per heavy atom. The molecule has 202 valence electrons. The van der Waals surface area contributed by atoms with Crippen LogP contribution in [-0.2, 0) is 23.9 Å². The summed E-state index contributed by atoms with van der Waals surface area (Å²) in [6.07, 6.45) is 0.809. The Hall–Kier alpha value is -3.10. The minimum absolute atomic E-state index is 0.0266. The highest BCUT2D eigenvalue weighted by Gasteiger charge is 2.37. The number of amides is 3. The largest absolute Gasteiger partial charge is 0.466 e. The second-order valence-corrected chi connectivity index (χ2v) is 9.91. The Bertz CT molecular complexity index is 851. The van der Waals surface area contributed by atoms with Gasteiger partial charge in [0.25, 0.3) is 0 Å². The molecule has 36 heavy (non-hydrogen) atoms. The second kappa shape index (κ2) is 15.1. The third-order valence-electron chi connectivity index (χ3n) is 5.25. The molecule has 0 saturated heterocycles. The molecule has 0 radical (unpaired) electrons. The van der Waals surface area contributed by atoms with Crippen molar-refractivity contribution < 1.29 is 28.7 Å². The van der Waals surface area contributed by atoms with Gasteiger partial charge >= 0.3 is 12.1 Å². The Morgan fingerprint density at radius 2 is 1.67 bits per heavy atom. The first-order valence-electron chi connectivity index (χ1n) is 12.7. The molecule has 0 aliphatic carbocycles. The van der Waals surface area contributed by atoms with Gasteiger partial charge in [-0.1, -0.05) is 57.5 Å². The SMILES string of the molecule is CCCCN(C(=O)C(NC(=O)OC(C)(C)C)C(C)C)C(C(=O)NCCC(=O)OCC)c1ccccc1. The molecular formula is C27H43N3O6. The van der Waals surface area contributed by atoms with E-state index in [1.165, 1.54) is 4.90 Å². The first-order valence-corrected chi connectivity index (χ1v) is 12.7. The molecular weight excluding hydrogens is 462 g/mol. The fourth-order valence-electron chi connectivity index (χ4n) is 3.55. The van der Waals surface area contributed by atoms with Crippen molar-refractivity contribution in [2.75, 3.05) is 19.7 Å². The summed E-state index contributed by atoms with van der Waals surface area (Å²) in [7, 11) is 0. The fourth-order valence-corrected chi connectivity index (χ4v) is 3.55. The van der Waals surface area contributed by atoms with E-state index in [2.05, 4.69) is 10.6 Å². The summed E-state index contributed by atoms with van der Waals surface area (Å²) in [6.45, 7) is 13.3. The summed E-state index contributed by atoms with van der Waals surface area (Å²) >= 11 is 0. The Balaban J connectivity index is 3.28. The van der Waals surface area contributed by atoms with Gasteiger partial charge in [0.05, 0.1) is 13.0 Å². The Kier molecular flexibility index (Phi) is 13.0. The summed E-state index contributed by atoms with van der Waals surface area (Å²) in [5.74, 6) is -1.44. The van der Waals surface area contributed by atoms with E-state index in [1.54, 1.807) is 52.0 Å². The third kappa shape index (κ3) is 10.7. The summed E-state index contributed by atoms with van der Waals surface area (Å²) in [6, 6.07) is 7.18. The second-order valence-electron chi connectivity index (χ2n) is 9.91. The van der Waals surface area contributed by atoms with Gasteiger partial charge in [-0.3, -0.25) is 14.4 Å². The molecule has 2 unspecified atom stereocenters. The molecule has 2 atom stereocenters. The minimum atomic E-state index is -0.936. The minimum Gasteiger partial charge on any atom is -0.466 e. The lowest BCUT2D eigenvalue weighted by Gasteiger charge is -2.35. The first-order chi connectivity index (χ1) is 16.9. The molecule has 0 fully saturated rings. The molecule has 1 aromatic rings. The average Bonchev–Trinajstić information content (AvgIpc) is 2.79. The van der Waals surface area contributed by atoms with Gasteiger partial charge in [0, 0.05) is 13.1 Å². The number of hydrogen-bond acceptors (Lipinski definition) is 6. The molecule has 0 bridgehead atoms. The van der Waals surface area contributed by atoms with Crippen LogP contribution in [0.2, 0.25) is 0 Å². The summed E-state index contributed by atoms with van der Waals surface area (Å²) in [5, 5.41) is 5.48. The van der Waals surface area contributed by atoms with Gasteiger partial charge in [0.1, 0.15) is 17.7 Å². The van der Waals surface area contributed by atoms with Crippen LogP contribution in [0.15, 0.2) is 30.3 Å². The fraction of sp³-hybridized carbons (Fsp3) is 0.630. The van der Waals surface area contributed by atoms with Crippen LogP contribution in [0, 0.1) is 5.92 Å². The number of unbranched alkanes of at least 4 members (excludes halogenated alkanes) is 1. The summed E-state index contributed by atoms with van der Waals surface area (Å²) in [4.78, 5) is 53.1. The molecule has 9 heteroatoms. The van der Waals surface area contributed by atoms with E-state index in [0.29, 0.717) is 18.5 Å². The molecule has 9 nitrogen and oxygen atoms in total. The number of carbonyl (C=O) groups is 4. The quantitative estimate of drug-likeness (QED) is 0.392. The molecule has 0 aromatic heterocycles. The zero-order valence-electron chi connectivity index (χ0n) is 22.8. The lowest BCUT2D eigenvalue weighted by atomic mass is 9.98. The number of benzene rings is 1. The standard InChI is InChI=1S/C27H43N3O6/c1-8-10-18-30(25(33)22(19(3)4)29-26(34)36-27(5,6)7)23(20-14-12-11-13-15-20)24(32)28-17-16-21(31)35-9-2/h11-15,19,22-23H,8-10,16-18H2,1-7H3,(H,28,32)(H,29,34). The van der Waals surface area contributed by atoms with Crippen LogP contribution in [0.5, 0.6) is 0 Å². The van der Waals surface area contributed by atoms with Gasteiger partial charge in [0.2, 0.25) is 11.8 Å². The van der Waals surface area contributed by atoms with Gasteiger partial charge < -0.3 is 25.0 Å². The van der Waals surface area contributed by atoms with Gasteiger partial charge in [-0.05, 0) is 45.6 Å². The normalized spacial score (nSPS) is 12.9. The molecule has 1 aromatic carbocycles. The number of carbonyl (C=O) groups excluding carboxylic acids is 4. The average molecular weight is 506 g/mol. The topological polar surface area (TPSA) is 114 Å². The van der Waals surface area contributed by atoms with Crippen LogP contribution >= 0.6 is 0 Å². The molecule has 0 aliphatic heterocycles. The van der Waals surface area contributed by atoms with E-state index in [-0.39, 0.29) is 31.4 Å². The van der Waals surface area contributed by atoms with E-state index in [4.69, 9.17) is 9.47 Å². The van der Waals surface area contributed by atoms with E-state index in [0.717, 1.165) is 6.42 Å². The van der Waals surface area contributed by atoms with Crippen molar-refractivity contribution in [1.29, 1.82) is 0 Å². The smallest absolute Gasteiger partial charge is 0.408 e. The zero-order valence-corrected chi connectivity index (χ0v) is 22.8. The predicted molar refractivity (Wildman–Crippen MR) is 138 cm³/mol. The van der Waals surface area contributed by atoms with Crippen molar-refractivity contribution in [2.45, 2.75) is 85.4 Å². The van der Waals surface area contributed by atoms with Gasteiger partial charge in [-0.25, -0.2) is 4.79 Å². The van der Waals surface area contributed by atoms with Crippen molar-refractivity contribution in [3.8, 4) is 0 Å². The monoisotopic (exact) mass is 505 g/mol.